The number of nitrogens with one attached hydrogen (secondary N) is 2. The van der Waals surface area contributed by atoms with Gasteiger partial charge in [0, 0.05) is 23.6 Å². The van der Waals surface area contributed by atoms with Gasteiger partial charge in [0.05, 0.1) is 5.56 Å². The van der Waals surface area contributed by atoms with Gasteiger partial charge in [0.2, 0.25) is 5.91 Å². The van der Waals surface area contributed by atoms with Crippen LogP contribution in [0.3, 0.4) is 0 Å². The van der Waals surface area contributed by atoms with Gasteiger partial charge in [-0.25, -0.2) is 4.39 Å². The van der Waals surface area contributed by atoms with Crippen LogP contribution in [0.4, 0.5) is 4.39 Å². The molecule has 1 aromatic carbocycles. The smallest absolute Gasteiger partial charge is 0.253 e. The second-order valence-corrected chi connectivity index (χ2v) is 7.55. The van der Waals surface area contributed by atoms with Crippen molar-refractivity contribution in [3.05, 3.63) is 53.1 Å². The average molecular weight is 385 g/mol. The second kappa shape index (κ2) is 8.17. The third kappa shape index (κ3) is 3.81. The van der Waals surface area contributed by atoms with Crippen molar-refractivity contribution in [3.8, 4) is 5.69 Å². The van der Waals surface area contributed by atoms with E-state index in [0.29, 0.717) is 24.9 Å². The van der Waals surface area contributed by atoms with E-state index in [1.54, 1.807) is 12.1 Å². The zero-order valence-corrected chi connectivity index (χ0v) is 16.8. The Morgan fingerprint density at radius 3 is 2.36 bits per heavy atom. The third-order valence-electron chi connectivity index (χ3n) is 5.59. The third-order valence-corrected chi connectivity index (χ3v) is 5.59. The number of halogens is 1. The molecule has 1 aliphatic carbocycles. The molecule has 0 unspecified atom stereocenters. The lowest BCUT2D eigenvalue weighted by Crippen LogP contribution is -2.59. The number of amides is 2. The van der Waals surface area contributed by atoms with Crippen molar-refractivity contribution in [1.29, 1.82) is 0 Å². The molecule has 0 aliphatic heterocycles. The maximum atomic E-state index is 13.3. The largest absolute Gasteiger partial charge is 0.354 e. The van der Waals surface area contributed by atoms with Gasteiger partial charge in [-0.1, -0.05) is 19.3 Å². The Morgan fingerprint density at radius 1 is 1.11 bits per heavy atom. The van der Waals surface area contributed by atoms with Crippen molar-refractivity contribution >= 4 is 11.8 Å². The van der Waals surface area contributed by atoms with Gasteiger partial charge in [0.1, 0.15) is 11.4 Å². The van der Waals surface area contributed by atoms with E-state index in [1.807, 2.05) is 31.4 Å². The van der Waals surface area contributed by atoms with E-state index in [0.717, 1.165) is 36.3 Å². The number of nitrogens with zero attached hydrogens (tertiary/aromatic N) is 1. The van der Waals surface area contributed by atoms with Crippen LogP contribution in [0.2, 0.25) is 0 Å². The van der Waals surface area contributed by atoms with Crippen LogP contribution in [-0.4, -0.2) is 28.5 Å². The molecule has 6 heteroatoms. The molecular weight excluding hydrogens is 357 g/mol. The molecule has 150 valence electrons. The summed E-state index contributed by atoms with van der Waals surface area (Å²) in [5, 5.41) is 5.93. The Kier molecular flexibility index (Phi) is 5.87. The molecule has 0 spiro atoms. The van der Waals surface area contributed by atoms with Crippen molar-refractivity contribution in [1.82, 2.24) is 15.2 Å². The summed E-state index contributed by atoms with van der Waals surface area (Å²) in [6, 6.07) is 8.01. The quantitative estimate of drug-likeness (QED) is 0.822. The minimum atomic E-state index is -0.844. The van der Waals surface area contributed by atoms with E-state index in [4.69, 9.17) is 0 Å². The number of carbonyl (C=O) groups excluding carboxylic acids is 2. The van der Waals surface area contributed by atoms with E-state index in [9.17, 15) is 14.0 Å². The highest BCUT2D eigenvalue weighted by Gasteiger charge is 2.41. The fourth-order valence-corrected chi connectivity index (χ4v) is 4.16. The molecule has 28 heavy (non-hydrogen) atoms. The molecule has 1 heterocycles. The van der Waals surface area contributed by atoms with Crippen LogP contribution in [-0.2, 0) is 4.79 Å². The van der Waals surface area contributed by atoms with Crippen molar-refractivity contribution in [2.75, 3.05) is 6.54 Å². The van der Waals surface area contributed by atoms with Crippen LogP contribution in [0.5, 0.6) is 0 Å². The summed E-state index contributed by atoms with van der Waals surface area (Å²) in [5.74, 6) is -0.643. The summed E-state index contributed by atoms with van der Waals surface area (Å²) < 4.78 is 15.2. The first-order valence-corrected chi connectivity index (χ1v) is 9.93. The second-order valence-electron chi connectivity index (χ2n) is 7.55. The molecular formula is C22H28FN3O2. The zero-order valence-electron chi connectivity index (χ0n) is 16.8. The van der Waals surface area contributed by atoms with Gasteiger partial charge in [-0.2, -0.15) is 0 Å². The van der Waals surface area contributed by atoms with E-state index in [-0.39, 0.29) is 17.6 Å². The number of aryl methyl sites for hydroxylation is 1. The fraction of sp³-hybridized carbons (Fsp3) is 0.455. The maximum absolute atomic E-state index is 13.3. The zero-order chi connectivity index (χ0) is 20.3. The fourth-order valence-electron chi connectivity index (χ4n) is 4.16. The minimum absolute atomic E-state index is 0.101. The SMILES string of the molecule is CCNC(=O)C1(NC(=O)c2cc(C)n(-c3ccc(F)cc3)c2C)CCCCC1. The molecule has 2 N–H and O–H groups in total. The Hall–Kier alpha value is -2.63. The van der Waals surface area contributed by atoms with Gasteiger partial charge in [-0.15, -0.1) is 0 Å². The summed E-state index contributed by atoms with van der Waals surface area (Å²) in [6.45, 7) is 6.19. The van der Waals surface area contributed by atoms with Crippen LogP contribution in [0.15, 0.2) is 30.3 Å². The highest BCUT2D eigenvalue weighted by molar-refractivity contribution is 6.00. The van der Waals surface area contributed by atoms with Gasteiger partial charge in [0.25, 0.3) is 5.91 Å². The predicted octanol–water partition coefficient (Wildman–Crippen LogP) is 3.80. The number of hydrogen-bond donors (Lipinski definition) is 2. The molecule has 2 aromatic rings. The first-order chi connectivity index (χ1) is 13.4. The highest BCUT2D eigenvalue weighted by Crippen LogP contribution is 2.30. The maximum Gasteiger partial charge on any atom is 0.253 e. The Bertz CT molecular complexity index is 865. The predicted molar refractivity (Wildman–Crippen MR) is 107 cm³/mol. The van der Waals surface area contributed by atoms with Gasteiger partial charge >= 0.3 is 0 Å². The normalized spacial score (nSPS) is 15.9. The molecule has 1 aromatic heterocycles. The Balaban J connectivity index is 1.90. The van der Waals surface area contributed by atoms with E-state index in [2.05, 4.69) is 10.6 Å². The summed E-state index contributed by atoms with van der Waals surface area (Å²) >= 11 is 0. The van der Waals surface area contributed by atoms with Crippen LogP contribution in [0.25, 0.3) is 5.69 Å². The van der Waals surface area contributed by atoms with Crippen LogP contribution in [0, 0.1) is 19.7 Å². The van der Waals surface area contributed by atoms with E-state index < -0.39 is 5.54 Å². The molecule has 1 saturated carbocycles. The topological polar surface area (TPSA) is 63.1 Å². The van der Waals surface area contributed by atoms with Crippen molar-refractivity contribution in [2.24, 2.45) is 0 Å². The van der Waals surface area contributed by atoms with Crippen LogP contribution < -0.4 is 10.6 Å². The van der Waals surface area contributed by atoms with Crippen molar-refractivity contribution in [2.45, 2.75) is 58.4 Å². The molecule has 0 radical (unpaired) electrons. The van der Waals surface area contributed by atoms with Gasteiger partial charge in [0.15, 0.2) is 0 Å². The highest BCUT2D eigenvalue weighted by atomic mass is 19.1. The summed E-state index contributed by atoms with van der Waals surface area (Å²) in [4.78, 5) is 25.9. The molecule has 1 fully saturated rings. The lowest BCUT2D eigenvalue weighted by atomic mass is 9.80. The monoisotopic (exact) mass is 385 g/mol. The number of rotatable bonds is 5. The Morgan fingerprint density at radius 2 is 1.75 bits per heavy atom. The molecule has 5 nitrogen and oxygen atoms in total. The number of carbonyl (C=O) groups is 2. The minimum Gasteiger partial charge on any atom is -0.354 e. The number of likely N-dealkylation sites (N-methyl/N-ethyl adjacent to an activating group) is 1. The standard InChI is InChI=1S/C22H28FN3O2/c1-4-24-21(28)22(12-6-5-7-13-22)25-20(27)19-14-15(2)26(16(19)3)18-10-8-17(23)9-11-18/h8-11,14H,4-7,12-13H2,1-3H3,(H,24,28)(H,25,27). The summed E-state index contributed by atoms with van der Waals surface area (Å²) in [5.41, 5.74) is 2.14. The molecule has 0 atom stereocenters. The number of hydrogen-bond acceptors (Lipinski definition) is 2. The summed E-state index contributed by atoms with van der Waals surface area (Å²) in [6.07, 6.45) is 4.23. The van der Waals surface area contributed by atoms with E-state index >= 15 is 0 Å². The Labute approximate surface area is 165 Å². The first kappa shape index (κ1) is 20.1. The lowest BCUT2D eigenvalue weighted by Gasteiger charge is -2.36. The molecule has 0 saturated heterocycles. The number of benzene rings is 1. The van der Waals surface area contributed by atoms with Crippen LogP contribution in [0.1, 0.15) is 60.8 Å². The van der Waals surface area contributed by atoms with Gasteiger partial charge in [-0.05, 0) is 63.9 Å². The molecule has 0 bridgehead atoms. The lowest BCUT2D eigenvalue weighted by molar-refractivity contribution is -0.128. The van der Waals surface area contributed by atoms with Gasteiger partial charge in [-0.3, -0.25) is 9.59 Å². The summed E-state index contributed by atoms with van der Waals surface area (Å²) in [7, 11) is 0. The number of aromatic nitrogens is 1. The van der Waals surface area contributed by atoms with Crippen molar-refractivity contribution < 1.29 is 14.0 Å². The van der Waals surface area contributed by atoms with E-state index in [1.165, 1.54) is 12.1 Å². The molecule has 1 aliphatic rings. The first-order valence-electron chi connectivity index (χ1n) is 9.93. The van der Waals surface area contributed by atoms with Crippen LogP contribution >= 0.6 is 0 Å². The molecule has 3 rings (SSSR count). The average Bonchev–Trinajstić information content (AvgIpc) is 2.98. The van der Waals surface area contributed by atoms with Gasteiger partial charge < -0.3 is 15.2 Å². The molecule has 2 amide bonds. The van der Waals surface area contributed by atoms with Crippen molar-refractivity contribution in [3.63, 3.8) is 0 Å².